The number of alkyl halides is 3. The van der Waals surface area contributed by atoms with Crippen molar-refractivity contribution in [2.75, 3.05) is 0 Å². The molecule has 1 aromatic carbocycles. The molecule has 0 saturated heterocycles. The summed E-state index contributed by atoms with van der Waals surface area (Å²) >= 11 is 0. The van der Waals surface area contributed by atoms with Gasteiger partial charge in [-0.2, -0.15) is 13.2 Å². The molecule has 15 heavy (non-hydrogen) atoms. The predicted molar refractivity (Wildman–Crippen MR) is 45.8 cm³/mol. The van der Waals surface area contributed by atoms with E-state index in [-0.39, 0.29) is 5.56 Å². The van der Waals surface area contributed by atoms with Crippen LogP contribution in [0.2, 0.25) is 0 Å². The van der Waals surface area contributed by atoms with Gasteiger partial charge in [0, 0.05) is 6.42 Å². The molecule has 5 heteroatoms. The molecule has 82 valence electrons. The third kappa shape index (κ3) is 4.58. The number of benzene rings is 1. The van der Waals surface area contributed by atoms with E-state index in [1.807, 2.05) is 0 Å². The Bertz CT molecular complexity index is 357. The minimum Gasteiger partial charge on any atom is -0.299 e. The molecule has 0 heterocycles. The minimum atomic E-state index is -4.50. The van der Waals surface area contributed by atoms with Crippen molar-refractivity contribution in [2.45, 2.75) is 19.0 Å². The van der Waals surface area contributed by atoms with Crippen molar-refractivity contribution in [1.82, 2.24) is 0 Å². The molecule has 1 nitrogen and oxygen atoms in total. The fourth-order valence-corrected chi connectivity index (χ4v) is 1.16. The van der Waals surface area contributed by atoms with Crippen LogP contribution in [0.15, 0.2) is 24.3 Å². The molecule has 0 aliphatic rings. The maximum atomic E-state index is 12.6. The van der Waals surface area contributed by atoms with Crippen molar-refractivity contribution in [3.05, 3.63) is 35.6 Å². The highest BCUT2D eigenvalue weighted by Gasteiger charge is 2.30. The molecule has 0 aliphatic heterocycles. The zero-order valence-corrected chi connectivity index (χ0v) is 7.64. The van der Waals surface area contributed by atoms with Crippen molar-refractivity contribution in [1.29, 1.82) is 0 Å². The molecule has 0 fully saturated rings. The van der Waals surface area contributed by atoms with E-state index in [2.05, 4.69) is 0 Å². The van der Waals surface area contributed by atoms with E-state index < -0.39 is 30.6 Å². The van der Waals surface area contributed by atoms with E-state index in [4.69, 9.17) is 0 Å². The van der Waals surface area contributed by atoms with Gasteiger partial charge in [-0.15, -0.1) is 0 Å². The Morgan fingerprint density at radius 3 is 2.47 bits per heavy atom. The topological polar surface area (TPSA) is 17.1 Å². The molecule has 0 aromatic heterocycles. The molecule has 0 aliphatic carbocycles. The predicted octanol–water partition coefficient (Wildman–Crippen LogP) is 2.89. The number of carbonyl (C=O) groups excluding carboxylic acids is 1. The van der Waals surface area contributed by atoms with Crippen LogP contribution in [-0.4, -0.2) is 12.0 Å². The van der Waals surface area contributed by atoms with E-state index in [1.54, 1.807) is 0 Å². The van der Waals surface area contributed by atoms with Crippen LogP contribution in [0.25, 0.3) is 0 Å². The molecule has 0 radical (unpaired) electrons. The zero-order chi connectivity index (χ0) is 11.5. The van der Waals surface area contributed by atoms with Crippen LogP contribution >= 0.6 is 0 Å². The van der Waals surface area contributed by atoms with Crippen molar-refractivity contribution < 1.29 is 22.4 Å². The molecule has 0 amide bonds. The van der Waals surface area contributed by atoms with E-state index in [0.29, 0.717) is 0 Å². The number of carbonyl (C=O) groups is 1. The fraction of sp³-hybridized carbons (Fsp3) is 0.300. The summed E-state index contributed by atoms with van der Waals surface area (Å²) in [6.45, 7) is 0. The van der Waals surface area contributed by atoms with Gasteiger partial charge in [-0.25, -0.2) is 4.39 Å². The second-order valence-electron chi connectivity index (χ2n) is 3.14. The Hall–Kier alpha value is -1.39. The number of Topliss-reactive ketones (excluding diaryl/α,β-unsaturated/α-hetero) is 1. The van der Waals surface area contributed by atoms with Gasteiger partial charge in [-0.05, 0) is 17.7 Å². The Morgan fingerprint density at radius 2 is 1.93 bits per heavy atom. The van der Waals surface area contributed by atoms with Crippen LogP contribution in [0, 0.1) is 5.82 Å². The van der Waals surface area contributed by atoms with Crippen LogP contribution in [0.4, 0.5) is 17.6 Å². The van der Waals surface area contributed by atoms with Crippen molar-refractivity contribution in [2.24, 2.45) is 0 Å². The lowest BCUT2D eigenvalue weighted by Crippen LogP contribution is -2.16. The summed E-state index contributed by atoms with van der Waals surface area (Å²) in [7, 11) is 0. The largest absolute Gasteiger partial charge is 0.395 e. The highest BCUT2D eigenvalue weighted by molar-refractivity contribution is 5.81. The molecule has 1 rings (SSSR count). The summed E-state index contributed by atoms with van der Waals surface area (Å²) < 4.78 is 48.0. The third-order valence-corrected chi connectivity index (χ3v) is 1.69. The fourth-order valence-electron chi connectivity index (χ4n) is 1.16. The van der Waals surface area contributed by atoms with Gasteiger partial charge < -0.3 is 0 Å². The van der Waals surface area contributed by atoms with Gasteiger partial charge in [0.25, 0.3) is 0 Å². The lowest BCUT2D eigenvalue weighted by atomic mass is 10.1. The summed E-state index contributed by atoms with van der Waals surface area (Å²) in [6.07, 6.45) is -6.36. The van der Waals surface area contributed by atoms with Gasteiger partial charge in [-0.1, -0.05) is 12.1 Å². The first-order valence-electron chi connectivity index (χ1n) is 4.20. The molecular formula is C10H8F4O. The average Bonchev–Trinajstić information content (AvgIpc) is 1.99. The first-order valence-corrected chi connectivity index (χ1v) is 4.20. The van der Waals surface area contributed by atoms with Crippen LogP contribution in [0.1, 0.15) is 12.0 Å². The SMILES string of the molecule is O=C(Cc1cccc(F)c1)CC(F)(F)F. The van der Waals surface area contributed by atoms with Crippen LogP contribution in [0.5, 0.6) is 0 Å². The quantitative estimate of drug-likeness (QED) is 0.716. The van der Waals surface area contributed by atoms with Crippen molar-refractivity contribution in [3.63, 3.8) is 0 Å². The monoisotopic (exact) mass is 220 g/mol. The van der Waals surface area contributed by atoms with Gasteiger partial charge >= 0.3 is 6.18 Å². The summed E-state index contributed by atoms with van der Waals surface area (Å²) in [5.41, 5.74) is 0.254. The second kappa shape index (κ2) is 4.42. The number of ketones is 1. The van der Waals surface area contributed by atoms with Crippen LogP contribution in [-0.2, 0) is 11.2 Å². The average molecular weight is 220 g/mol. The molecule has 0 atom stereocenters. The molecule has 0 N–H and O–H groups in total. The Balaban J connectivity index is 2.59. The standard InChI is InChI=1S/C10H8F4O/c11-8-3-1-2-7(4-8)5-9(15)6-10(12,13)14/h1-4H,5-6H2. The van der Waals surface area contributed by atoms with Crippen LogP contribution < -0.4 is 0 Å². The normalized spacial score (nSPS) is 11.5. The molecular weight excluding hydrogens is 212 g/mol. The Kier molecular flexibility index (Phi) is 3.44. The summed E-state index contributed by atoms with van der Waals surface area (Å²) in [4.78, 5) is 10.9. The number of hydrogen-bond donors (Lipinski definition) is 0. The molecule has 0 bridgehead atoms. The molecule has 0 spiro atoms. The van der Waals surface area contributed by atoms with Gasteiger partial charge in [0.1, 0.15) is 18.0 Å². The van der Waals surface area contributed by atoms with Crippen molar-refractivity contribution >= 4 is 5.78 Å². The lowest BCUT2D eigenvalue weighted by Gasteiger charge is -2.05. The number of rotatable bonds is 3. The van der Waals surface area contributed by atoms with E-state index in [1.165, 1.54) is 12.1 Å². The van der Waals surface area contributed by atoms with Gasteiger partial charge in [0.2, 0.25) is 0 Å². The third-order valence-electron chi connectivity index (χ3n) is 1.69. The minimum absolute atomic E-state index is 0.254. The van der Waals surface area contributed by atoms with Crippen molar-refractivity contribution in [3.8, 4) is 0 Å². The first-order chi connectivity index (χ1) is 6.87. The highest BCUT2D eigenvalue weighted by atomic mass is 19.4. The first kappa shape index (κ1) is 11.7. The highest BCUT2D eigenvalue weighted by Crippen LogP contribution is 2.20. The summed E-state index contributed by atoms with van der Waals surface area (Å²) in [5, 5.41) is 0. The van der Waals surface area contributed by atoms with E-state index in [9.17, 15) is 22.4 Å². The maximum Gasteiger partial charge on any atom is 0.395 e. The second-order valence-corrected chi connectivity index (χ2v) is 3.14. The zero-order valence-electron chi connectivity index (χ0n) is 7.64. The molecule has 0 unspecified atom stereocenters. The Labute approximate surface area is 83.7 Å². The number of hydrogen-bond acceptors (Lipinski definition) is 1. The van der Waals surface area contributed by atoms with Crippen LogP contribution in [0.3, 0.4) is 0 Å². The summed E-state index contributed by atoms with van der Waals surface area (Å²) in [6, 6.07) is 4.98. The number of halogens is 4. The Morgan fingerprint density at radius 1 is 1.27 bits per heavy atom. The lowest BCUT2D eigenvalue weighted by molar-refractivity contribution is -0.151. The van der Waals surface area contributed by atoms with E-state index >= 15 is 0 Å². The van der Waals surface area contributed by atoms with Gasteiger partial charge in [-0.3, -0.25) is 4.79 Å². The summed E-state index contributed by atoms with van der Waals surface area (Å²) in [5.74, 6) is -1.53. The van der Waals surface area contributed by atoms with Gasteiger partial charge in [0.15, 0.2) is 0 Å². The smallest absolute Gasteiger partial charge is 0.299 e. The molecule has 0 saturated carbocycles. The maximum absolute atomic E-state index is 12.6. The molecule has 1 aromatic rings. The van der Waals surface area contributed by atoms with Gasteiger partial charge in [0.05, 0.1) is 0 Å². The van der Waals surface area contributed by atoms with E-state index in [0.717, 1.165) is 12.1 Å².